The fraction of sp³-hybridized carbons (Fsp3) is 0.621. The number of likely N-dealkylation sites (tertiary alicyclic amines) is 1. The van der Waals surface area contributed by atoms with E-state index in [9.17, 15) is 48.3 Å². The van der Waals surface area contributed by atoms with Crippen LogP contribution in [0, 0.1) is 5.41 Å². The number of hydrogen-bond donors (Lipinski definition) is 7. The third kappa shape index (κ3) is 26.4. The zero-order chi connectivity index (χ0) is 67.8. The average molecular weight is 1380 g/mol. The lowest BCUT2D eigenvalue weighted by Crippen LogP contribution is -2.47. The first-order valence-corrected chi connectivity index (χ1v) is 33.6. The second-order valence-corrected chi connectivity index (χ2v) is 25.4. The Morgan fingerprint density at radius 3 is 1.84 bits per heavy atom. The quantitative estimate of drug-likeness (QED) is 0.0140. The van der Waals surface area contributed by atoms with E-state index in [2.05, 4.69) is 69.5 Å². The van der Waals surface area contributed by atoms with Crippen LogP contribution in [-0.2, 0) is 76.9 Å². The lowest BCUT2D eigenvalue weighted by Gasteiger charge is -2.27. The number of rotatable bonds is 48. The molecule has 7 N–H and O–H groups in total. The summed E-state index contributed by atoms with van der Waals surface area (Å²) < 4.78 is 23.8. The van der Waals surface area contributed by atoms with Gasteiger partial charge in [0.05, 0.1) is 51.7 Å². The second kappa shape index (κ2) is 40.1. The molecule has 94 heavy (non-hydrogen) atoms. The van der Waals surface area contributed by atoms with Crippen LogP contribution in [0.2, 0.25) is 0 Å². The molecule has 0 bridgehead atoms. The van der Waals surface area contributed by atoms with E-state index in [0.29, 0.717) is 57.7 Å². The number of piperidine rings is 1. The monoisotopic (exact) mass is 1370 g/mol. The Morgan fingerprint density at radius 2 is 1.26 bits per heavy atom. The van der Waals surface area contributed by atoms with E-state index in [0.717, 1.165) is 56.9 Å². The van der Waals surface area contributed by atoms with Crippen LogP contribution in [0.1, 0.15) is 164 Å². The minimum Gasteiger partial charge on any atom is -0.481 e. The van der Waals surface area contributed by atoms with Gasteiger partial charge in [-0.3, -0.25) is 43.0 Å². The minimum atomic E-state index is -1.20. The maximum Gasteiger partial charge on any atom is 0.326 e. The summed E-state index contributed by atoms with van der Waals surface area (Å²) in [5.41, 5.74) is 2.78. The van der Waals surface area contributed by atoms with Crippen molar-refractivity contribution in [1.29, 1.82) is 0 Å². The van der Waals surface area contributed by atoms with E-state index in [4.69, 9.17) is 24.1 Å². The highest BCUT2D eigenvalue weighted by molar-refractivity contribution is 9.10. The number of nitrogens with zero attached hydrogens (tertiary/aromatic N) is 7. The number of carboxylic acid groups (broad SMARTS) is 2. The maximum absolute atomic E-state index is 14.2. The van der Waals surface area contributed by atoms with Crippen LogP contribution in [0.5, 0.6) is 0 Å². The lowest BCUT2D eigenvalue weighted by atomic mass is 10.0. The Kier molecular flexibility index (Phi) is 32.3. The predicted octanol–water partition coefficient (Wildman–Crippen LogP) is 6.52. The number of pyridine rings is 1. The van der Waals surface area contributed by atoms with Gasteiger partial charge in [-0.15, -0.1) is 0 Å². The molecule has 1 aromatic carbocycles. The third-order valence-corrected chi connectivity index (χ3v) is 16.9. The largest absolute Gasteiger partial charge is 0.481 e. The van der Waals surface area contributed by atoms with Gasteiger partial charge in [-0.2, -0.15) is 5.10 Å². The van der Waals surface area contributed by atoms with Gasteiger partial charge in [-0.05, 0) is 91.3 Å². The lowest BCUT2D eigenvalue weighted by molar-refractivity contribution is -0.142. The number of amides is 6. The number of benzene rings is 1. The average Bonchev–Trinajstić information content (AvgIpc) is 1.55. The molecule has 4 aromatic rings. The number of carboxylic acids is 2. The number of aliphatic carboxylic acids is 2. The summed E-state index contributed by atoms with van der Waals surface area (Å²) in [5, 5.41) is 37.0. The standard InChI is InChI=1S/C66H95BrN12O15/c1-45(80)62-49-35-46(21-24-51(49)78(76-62)42-60(85)79-52(36-66(2)37-53(66)79)64(88)75-63-47(41-77(3)4)22-25-54(67)74-63)48-38-70-55(71-39-48)40-72-59(84)44-94-34-32-92-30-28-69-58(83)43-93-33-31-91-29-27-68-56(81)26-23-50(65(89)90)73-57(82)19-17-15-13-11-9-7-5-6-8-10-12-14-16-18-20-61(86)87/h21-22,24-25,35,38-39,50,52-53H,5-20,23,26-34,36-37,40-44H2,1-4H3,(H,68,81)(H,69,83)(H,72,84)(H,73,82)(H,86,87)(H,89,90)(H,74,75,88)/t50-,52-,53?,66-/m0/s1. The number of hydrogen-bond acceptors (Lipinski definition) is 18. The van der Waals surface area contributed by atoms with Gasteiger partial charge in [0.2, 0.25) is 35.4 Å². The molecule has 4 heterocycles. The first-order chi connectivity index (χ1) is 45.2. The molecule has 27 nitrogen and oxygen atoms in total. The number of nitrogens with one attached hydrogen (secondary N) is 5. The first-order valence-electron chi connectivity index (χ1n) is 32.8. The molecule has 2 aliphatic rings. The van der Waals surface area contributed by atoms with Crippen LogP contribution in [-0.4, -0.2) is 196 Å². The van der Waals surface area contributed by atoms with Gasteiger partial charge in [0.25, 0.3) is 0 Å². The van der Waals surface area contributed by atoms with Crippen molar-refractivity contribution in [2.24, 2.45) is 5.41 Å². The van der Waals surface area contributed by atoms with Crippen molar-refractivity contribution in [3.63, 3.8) is 0 Å². The molecule has 1 unspecified atom stereocenters. The van der Waals surface area contributed by atoms with Crippen molar-refractivity contribution in [3.05, 3.63) is 64.4 Å². The molecule has 1 saturated carbocycles. The van der Waals surface area contributed by atoms with Crippen LogP contribution in [0.25, 0.3) is 22.0 Å². The number of halogens is 1. The Bertz CT molecular complexity index is 3150. The Labute approximate surface area is 557 Å². The number of fused-ring (bicyclic) bond motifs is 2. The molecular formula is C66H95BrN12O15. The van der Waals surface area contributed by atoms with Crippen molar-refractivity contribution in [3.8, 4) is 11.1 Å². The molecule has 516 valence electrons. The number of aromatic nitrogens is 5. The molecule has 3 aromatic heterocycles. The van der Waals surface area contributed by atoms with E-state index in [1.165, 1.54) is 50.1 Å². The van der Waals surface area contributed by atoms with Crippen LogP contribution >= 0.6 is 15.9 Å². The smallest absolute Gasteiger partial charge is 0.326 e. The van der Waals surface area contributed by atoms with Crippen molar-refractivity contribution in [2.45, 2.75) is 180 Å². The molecule has 1 aliphatic carbocycles. The SMILES string of the molecule is CC(=O)c1nn(CC(=O)N2C3C[C@]3(C)C[C@H]2C(=O)Nc2nc(Br)ccc2CN(C)C)c2ccc(-c3cnc(CNC(=O)COCCOCCNC(=O)COCCOCCNC(=O)CC[C@H](NC(=O)CCCCCCCCCCCCCCCCC(=O)O)C(=O)O)nc3)cc12. The molecule has 0 radical (unpaired) electrons. The van der Waals surface area contributed by atoms with E-state index < -0.39 is 29.9 Å². The van der Waals surface area contributed by atoms with Crippen molar-refractivity contribution >= 4 is 85.8 Å². The van der Waals surface area contributed by atoms with Crippen molar-refractivity contribution < 1.29 is 72.3 Å². The molecule has 0 spiro atoms. The van der Waals surface area contributed by atoms with Gasteiger partial charge < -0.3 is 65.5 Å². The van der Waals surface area contributed by atoms with Crippen LogP contribution in [0.4, 0.5) is 5.82 Å². The topological polar surface area (TPSA) is 354 Å². The van der Waals surface area contributed by atoms with E-state index in [1.54, 1.807) is 29.4 Å². The number of ether oxygens (including phenoxy) is 4. The number of anilines is 1. The molecule has 28 heteroatoms. The number of ketones is 1. The van der Waals surface area contributed by atoms with E-state index >= 15 is 0 Å². The van der Waals surface area contributed by atoms with Gasteiger partial charge in [0.1, 0.15) is 53.8 Å². The summed E-state index contributed by atoms with van der Waals surface area (Å²) in [6.07, 6.45) is 19.8. The number of carbonyl (C=O) groups is 9. The summed E-state index contributed by atoms with van der Waals surface area (Å²) in [7, 11) is 3.86. The van der Waals surface area contributed by atoms with Gasteiger partial charge >= 0.3 is 11.9 Å². The number of carbonyl (C=O) groups excluding carboxylic acids is 7. The fourth-order valence-electron chi connectivity index (χ4n) is 11.3. The zero-order valence-corrected chi connectivity index (χ0v) is 56.4. The molecule has 6 rings (SSSR count). The van der Waals surface area contributed by atoms with Crippen LogP contribution in [0.3, 0.4) is 0 Å². The molecule has 1 aliphatic heterocycles. The van der Waals surface area contributed by atoms with Gasteiger partial charge in [-0.25, -0.2) is 19.7 Å². The highest BCUT2D eigenvalue weighted by Crippen LogP contribution is 2.59. The molecule has 2 fully saturated rings. The third-order valence-electron chi connectivity index (χ3n) is 16.4. The van der Waals surface area contributed by atoms with Crippen molar-refractivity contribution in [2.75, 3.05) is 85.4 Å². The Balaban J connectivity index is 0.749. The van der Waals surface area contributed by atoms with E-state index in [-0.39, 0.29) is 157 Å². The Hall–Kier alpha value is -7.37. The van der Waals surface area contributed by atoms with Gasteiger partial charge in [-0.1, -0.05) is 96.1 Å². The normalized spacial score (nSPS) is 16.0. The summed E-state index contributed by atoms with van der Waals surface area (Å²) in [4.78, 5) is 130. The summed E-state index contributed by atoms with van der Waals surface area (Å²) >= 11 is 3.41. The van der Waals surface area contributed by atoms with Gasteiger partial charge in [0.15, 0.2) is 5.78 Å². The molecule has 1 saturated heterocycles. The molecule has 6 amide bonds. The maximum atomic E-state index is 14.2. The van der Waals surface area contributed by atoms with Crippen LogP contribution < -0.4 is 26.6 Å². The summed E-state index contributed by atoms with van der Waals surface area (Å²) in [6, 6.07) is 7.17. The highest BCUT2D eigenvalue weighted by Gasteiger charge is 2.64. The zero-order valence-electron chi connectivity index (χ0n) is 54.8. The first kappa shape index (κ1) is 75.7. The summed E-state index contributed by atoms with van der Waals surface area (Å²) in [5.74, 6) is -3.46. The predicted molar refractivity (Wildman–Crippen MR) is 352 cm³/mol. The van der Waals surface area contributed by atoms with E-state index in [1.807, 2.05) is 37.2 Å². The number of unbranched alkanes of at least 4 members (excludes halogenated alkanes) is 13. The summed E-state index contributed by atoms with van der Waals surface area (Å²) in [6.45, 7) is 4.89. The van der Waals surface area contributed by atoms with Gasteiger partial charge in [0, 0.05) is 80.8 Å². The number of Topliss-reactive ketones (excluding diaryl/α,β-unsaturated/α-hetero) is 1. The Morgan fingerprint density at radius 1 is 0.681 bits per heavy atom. The molecule has 4 atom stereocenters. The fourth-order valence-corrected chi connectivity index (χ4v) is 11.6. The minimum absolute atomic E-state index is 0.0413. The van der Waals surface area contributed by atoms with Crippen LogP contribution in [0.15, 0.2) is 47.3 Å². The second-order valence-electron chi connectivity index (χ2n) is 24.6. The van der Waals surface area contributed by atoms with Crippen molar-refractivity contribution in [1.82, 2.24) is 55.8 Å². The molecular weight excluding hydrogens is 1280 g/mol. The highest BCUT2D eigenvalue weighted by atomic mass is 79.9.